The molecular formula is C56H41N. The van der Waals surface area contributed by atoms with Gasteiger partial charge in [-0.15, -0.1) is 0 Å². The smallest absolute Gasteiger partial charge is 0.0468 e. The summed E-state index contributed by atoms with van der Waals surface area (Å²) in [6.45, 7) is 0. The van der Waals surface area contributed by atoms with Crippen LogP contribution in [0.25, 0.3) is 67.4 Å². The lowest BCUT2D eigenvalue weighted by Crippen LogP contribution is -2.10. The number of rotatable bonds is 10. The van der Waals surface area contributed by atoms with Gasteiger partial charge in [0.05, 0.1) is 0 Å². The Morgan fingerprint density at radius 3 is 1.40 bits per heavy atom. The average molecular weight is 728 g/mol. The topological polar surface area (TPSA) is 3.24 Å². The van der Waals surface area contributed by atoms with Crippen LogP contribution in [0.2, 0.25) is 0 Å². The monoisotopic (exact) mass is 727 g/mol. The molecule has 0 unspecified atom stereocenters. The molecule has 1 nitrogen and oxygen atoms in total. The van der Waals surface area contributed by atoms with Crippen LogP contribution in [0.15, 0.2) is 237 Å². The van der Waals surface area contributed by atoms with Crippen LogP contribution >= 0.6 is 0 Å². The highest BCUT2D eigenvalue weighted by atomic mass is 15.1. The molecule has 0 aliphatic carbocycles. The van der Waals surface area contributed by atoms with Gasteiger partial charge in [0.1, 0.15) is 0 Å². The summed E-state index contributed by atoms with van der Waals surface area (Å²) < 4.78 is 0. The fraction of sp³-hybridized carbons (Fsp3) is 0. The highest BCUT2D eigenvalue weighted by Crippen LogP contribution is 2.42. The second-order valence-corrected chi connectivity index (χ2v) is 14.2. The molecule has 9 aromatic rings. The van der Waals surface area contributed by atoms with Crippen molar-refractivity contribution in [1.82, 2.24) is 0 Å². The maximum absolute atomic E-state index is 2.36. The van der Waals surface area contributed by atoms with Crippen LogP contribution in [0.3, 0.4) is 0 Å². The van der Waals surface area contributed by atoms with Gasteiger partial charge in [-0.1, -0.05) is 212 Å². The molecule has 9 rings (SSSR count). The van der Waals surface area contributed by atoms with E-state index in [0.29, 0.717) is 0 Å². The maximum atomic E-state index is 2.36. The molecule has 57 heavy (non-hydrogen) atoms. The van der Waals surface area contributed by atoms with Crippen LogP contribution in [0, 0.1) is 0 Å². The third-order valence-electron chi connectivity index (χ3n) is 10.5. The van der Waals surface area contributed by atoms with E-state index >= 15 is 0 Å². The van der Waals surface area contributed by atoms with E-state index in [4.69, 9.17) is 0 Å². The lowest BCUT2D eigenvalue weighted by atomic mass is 9.91. The zero-order valence-corrected chi connectivity index (χ0v) is 31.6. The summed E-state index contributed by atoms with van der Waals surface area (Å²) in [6, 6.07) is 80.5. The molecule has 9 aromatic carbocycles. The Balaban J connectivity index is 1.12. The quantitative estimate of drug-likeness (QED) is 0.127. The molecule has 0 saturated heterocycles. The molecule has 0 N–H and O–H groups in total. The minimum Gasteiger partial charge on any atom is -0.310 e. The van der Waals surface area contributed by atoms with Crippen molar-refractivity contribution in [2.75, 3.05) is 4.90 Å². The van der Waals surface area contributed by atoms with E-state index in [9.17, 15) is 0 Å². The van der Waals surface area contributed by atoms with E-state index in [0.717, 1.165) is 22.6 Å². The Labute approximate surface area is 335 Å². The molecule has 0 aromatic heterocycles. The first-order chi connectivity index (χ1) is 28.3. The van der Waals surface area contributed by atoms with Crippen molar-refractivity contribution >= 4 is 40.0 Å². The minimum absolute atomic E-state index is 1.09. The minimum atomic E-state index is 1.09. The molecule has 0 atom stereocenters. The molecular weight excluding hydrogens is 687 g/mol. The van der Waals surface area contributed by atoms with Crippen molar-refractivity contribution in [3.05, 3.63) is 248 Å². The van der Waals surface area contributed by atoms with E-state index in [1.165, 1.54) is 60.8 Å². The van der Waals surface area contributed by atoms with Gasteiger partial charge in [-0.05, 0) is 103 Å². The standard InChI is InChI=1S/C56H41N/c1-4-15-42(16-5-1)17-10-11-18-43-27-35-50(36-28-43)57(51-37-33-45(34-38-51)44-19-6-2-7-20-44)52-39-40-55(46-21-8-3-9-22-46)56(41-52)49-31-29-48(30-32-49)54-26-14-24-47-23-12-13-25-53(47)54/h1-41H/b17-10-,18-11+. The van der Waals surface area contributed by atoms with Crippen LogP contribution in [0.4, 0.5) is 17.1 Å². The second-order valence-electron chi connectivity index (χ2n) is 14.2. The number of fused-ring (bicyclic) bond motifs is 1. The van der Waals surface area contributed by atoms with Crippen molar-refractivity contribution in [2.45, 2.75) is 0 Å². The molecule has 0 saturated carbocycles. The van der Waals surface area contributed by atoms with Crippen molar-refractivity contribution < 1.29 is 0 Å². The Morgan fingerprint density at radius 1 is 0.281 bits per heavy atom. The van der Waals surface area contributed by atoms with E-state index < -0.39 is 0 Å². The zero-order chi connectivity index (χ0) is 38.2. The summed E-state index contributed by atoms with van der Waals surface area (Å²) in [7, 11) is 0. The summed E-state index contributed by atoms with van der Waals surface area (Å²) in [6.07, 6.45) is 8.47. The van der Waals surface area contributed by atoms with E-state index in [-0.39, 0.29) is 0 Å². The predicted molar refractivity (Wildman–Crippen MR) is 245 cm³/mol. The van der Waals surface area contributed by atoms with Gasteiger partial charge >= 0.3 is 0 Å². The van der Waals surface area contributed by atoms with Gasteiger partial charge in [0.15, 0.2) is 0 Å². The molecule has 1 heteroatoms. The zero-order valence-electron chi connectivity index (χ0n) is 31.6. The normalized spacial score (nSPS) is 11.4. The third kappa shape index (κ3) is 7.87. The number of anilines is 3. The van der Waals surface area contributed by atoms with Crippen LogP contribution in [0.5, 0.6) is 0 Å². The van der Waals surface area contributed by atoms with Crippen molar-refractivity contribution in [3.63, 3.8) is 0 Å². The first-order valence-electron chi connectivity index (χ1n) is 19.5. The van der Waals surface area contributed by atoms with Crippen LogP contribution in [-0.2, 0) is 0 Å². The van der Waals surface area contributed by atoms with Crippen LogP contribution in [0.1, 0.15) is 11.1 Å². The lowest BCUT2D eigenvalue weighted by molar-refractivity contribution is 1.28. The molecule has 0 fully saturated rings. The number of hydrogen-bond donors (Lipinski definition) is 0. The van der Waals surface area contributed by atoms with Crippen LogP contribution in [-0.4, -0.2) is 0 Å². The highest BCUT2D eigenvalue weighted by Gasteiger charge is 2.17. The van der Waals surface area contributed by atoms with Crippen LogP contribution < -0.4 is 4.90 Å². The Bertz CT molecular complexity index is 2780. The van der Waals surface area contributed by atoms with Crippen molar-refractivity contribution in [1.29, 1.82) is 0 Å². The fourth-order valence-corrected chi connectivity index (χ4v) is 7.60. The molecule has 0 aliphatic rings. The molecule has 0 spiro atoms. The van der Waals surface area contributed by atoms with Gasteiger partial charge in [-0.2, -0.15) is 0 Å². The van der Waals surface area contributed by atoms with Gasteiger partial charge in [0.25, 0.3) is 0 Å². The molecule has 0 aliphatic heterocycles. The number of hydrogen-bond acceptors (Lipinski definition) is 1. The Hall–Kier alpha value is -7.48. The first kappa shape index (κ1) is 35.2. The molecule has 0 bridgehead atoms. The lowest BCUT2D eigenvalue weighted by Gasteiger charge is -2.27. The summed E-state index contributed by atoms with van der Waals surface area (Å²) in [5.41, 5.74) is 15.2. The summed E-state index contributed by atoms with van der Waals surface area (Å²) in [5, 5.41) is 2.51. The highest BCUT2D eigenvalue weighted by molar-refractivity contribution is 5.97. The summed E-state index contributed by atoms with van der Waals surface area (Å²) in [5.74, 6) is 0. The van der Waals surface area contributed by atoms with Crippen molar-refractivity contribution in [2.24, 2.45) is 0 Å². The SMILES string of the molecule is C(=C/c1ccccc1)/C=C/c1ccc(N(c2ccc(-c3ccccc3)cc2)c2ccc(-c3ccccc3)c(-c3ccc(-c4cccc5ccccc45)cc3)c2)cc1. The fourth-order valence-electron chi connectivity index (χ4n) is 7.60. The summed E-state index contributed by atoms with van der Waals surface area (Å²) in [4.78, 5) is 2.36. The van der Waals surface area contributed by atoms with E-state index in [2.05, 4.69) is 248 Å². The predicted octanol–water partition coefficient (Wildman–Crippen LogP) is 15.7. The number of nitrogens with zero attached hydrogens (tertiary/aromatic N) is 1. The molecule has 270 valence electrons. The van der Waals surface area contributed by atoms with Gasteiger partial charge in [0.2, 0.25) is 0 Å². The molecule has 0 radical (unpaired) electrons. The average Bonchev–Trinajstić information content (AvgIpc) is 3.29. The van der Waals surface area contributed by atoms with Crippen molar-refractivity contribution in [3.8, 4) is 44.5 Å². The van der Waals surface area contributed by atoms with Gasteiger partial charge in [0, 0.05) is 17.1 Å². The Morgan fingerprint density at radius 2 is 0.737 bits per heavy atom. The van der Waals surface area contributed by atoms with Gasteiger partial charge < -0.3 is 4.90 Å². The molecule has 0 heterocycles. The maximum Gasteiger partial charge on any atom is 0.0468 e. The van der Waals surface area contributed by atoms with Gasteiger partial charge in [-0.3, -0.25) is 0 Å². The number of allylic oxidation sites excluding steroid dienone is 2. The first-order valence-corrected chi connectivity index (χ1v) is 19.5. The van der Waals surface area contributed by atoms with E-state index in [1.54, 1.807) is 0 Å². The van der Waals surface area contributed by atoms with E-state index in [1.807, 2.05) is 6.07 Å². The van der Waals surface area contributed by atoms with Gasteiger partial charge in [-0.25, -0.2) is 0 Å². The molecule has 0 amide bonds. The Kier molecular flexibility index (Phi) is 10.2. The largest absolute Gasteiger partial charge is 0.310 e. The summed E-state index contributed by atoms with van der Waals surface area (Å²) >= 11 is 0. The number of benzene rings is 9. The second kappa shape index (κ2) is 16.5. The third-order valence-corrected chi connectivity index (χ3v) is 10.5.